The number of sulfonamides is 1. The third-order valence-electron chi connectivity index (χ3n) is 6.94. The number of hydrogen-bond donors (Lipinski definition) is 3. The maximum absolute atomic E-state index is 13.1. The van der Waals surface area contributed by atoms with Crippen molar-refractivity contribution in [1.82, 2.24) is 24.5 Å². The van der Waals surface area contributed by atoms with Crippen LogP contribution in [0.5, 0.6) is 5.88 Å². The smallest absolute Gasteiger partial charge is 0.230 e. The Hall–Kier alpha value is -2.44. The van der Waals surface area contributed by atoms with E-state index in [-0.39, 0.29) is 30.0 Å². The summed E-state index contributed by atoms with van der Waals surface area (Å²) in [6.07, 6.45) is 6.01. The Labute approximate surface area is 193 Å². The van der Waals surface area contributed by atoms with Crippen molar-refractivity contribution in [2.45, 2.75) is 74.9 Å². The Morgan fingerprint density at radius 2 is 1.91 bits per heavy atom. The molecule has 33 heavy (non-hydrogen) atoms. The zero-order valence-corrected chi connectivity index (χ0v) is 19.8. The van der Waals surface area contributed by atoms with Gasteiger partial charge in [-0.25, -0.2) is 8.42 Å². The molecule has 12 heteroatoms. The predicted molar refractivity (Wildman–Crippen MR) is 123 cm³/mol. The normalized spacial score (nSPS) is 25.6. The van der Waals surface area contributed by atoms with E-state index in [1.165, 1.54) is 0 Å². The molecule has 5 rings (SSSR count). The Bertz CT molecular complexity index is 1090. The first kappa shape index (κ1) is 22.4. The summed E-state index contributed by atoms with van der Waals surface area (Å²) in [6, 6.07) is 3.61. The first-order valence-electron chi connectivity index (χ1n) is 11.5. The van der Waals surface area contributed by atoms with Crippen LogP contribution in [0.3, 0.4) is 0 Å². The number of aromatic nitrogens is 4. The van der Waals surface area contributed by atoms with Crippen LogP contribution >= 0.6 is 0 Å². The molecule has 3 atom stereocenters. The number of ether oxygens (including phenoxy) is 1. The highest BCUT2D eigenvalue weighted by Gasteiger charge is 2.50. The molecule has 4 heterocycles. The number of piperidine rings is 2. The molecule has 11 nitrogen and oxygen atoms in total. The Kier molecular flexibility index (Phi) is 5.91. The monoisotopic (exact) mass is 477 g/mol. The molecule has 1 saturated carbocycles. The SMILES string of the molecule is COc1cc(Nc2cc(CO)[nH]n2)nc(N(C)[C@@H]2C[C@H]3CCC[C@@H](C2)N3S(=O)(=O)C2CC2)n1. The number of aliphatic hydroxyl groups excluding tert-OH is 1. The van der Waals surface area contributed by atoms with E-state index >= 15 is 0 Å². The molecular formula is C21H31N7O4S. The van der Waals surface area contributed by atoms with Crippen LogP contribution in [-0.4, -0.2) is 75.5 Å². The molecule has 2 aromatic heterocycles. The summed E-state index contributed by atoms with van der Waals surface area (Å²) in [6.45, 7) is -0.132. The van der Waals surface area contributed by atoms with Gasteiger partial charge in [0.2, 0.25) is 21.9 Å². The fourth-order valence-electron chi connectivity index (χ4n) is 5.12. The molecule has 2 saturated heterocycles. The second-order valence-corrected chi connectivity index (χ2v) is 11.3. The highest BCUT2D eigenvalue weighted by molar-refractivity contribution is 7.90. The van der Waals surface area contributed by atoms with Gasteiger partial charge >= 0.3 is 0 Å². The minimum Gasteiger partial charge on any atom is -0.481 e. The van der Waals surface area contributed by atoms with Crippen molar-refractivity contribution in [1.29, 1.82) is 0 Å². The fourth-order valence-corrected chi connectivity index (χ4v) is 7.41. The van der Waals surface area contributed by atoms with Crippen LogP contribution in [0.1, 0.15) is 50.6 Å². The topological polar surface area (TPSA) is 137 Å². The standard InChI is InChI=1S/C21H31N7O4S/c1-27(16-9-14-4-3-5-15(10-16)28(14)33(30,31)17-6-7-17)21-23-18(11-20(24-21)32-2)22-19-8-13(12-29)25-26-19/h8,11,14-17,29H,3-7,9-10,12H2,1-2H3,(H2,22,23,24,25,26)/t14-,15+,16-. The van der Waals surface area contributed by atoms with Gasteiger partial charge < -0.3 is 20.1 Å². The summed E-state index contributed by atoms with van der Waals surface area (Å²) in [5.74, 6) is 1.98. The van der Waals surface area contributed by atoms with Crippen LogP contribution in [0, 0.1) is 0 Å². The number of methoxy groups -OCH3 is 1. The van der Waals surface area contributed by atoms with E-state index < -0.39 is 10.0 Å². The van der Waals surface area contributed by atoms with E-state index in [1.807, 2.05) is 16.3 Å². The molecule has 0 aromatic carbocycles. The van der Waals surface area contributed by atoms with Crippen molar-refractivity contribution >= 4 is 27.6 Å². The molecule has 2 aliphatic heterocycles. The molecule has 0 radical (unpaired) electrons. The molecule has 180 valence electrons. The van der Waals surface area contributed by atoms with Gasteiger partial charge in [0.15, 0.2) is 5.82 Å². The van der Waals surface area contributed by atoms with Crippen molar-refractivity contribution < 1.29 is 18.3 Å². The van der Waals surface area contributed by atoms with E-state index in [0.717, 1.165) is 44.9 Å². The first-order chi connectivity index (χ1) is 15.9. The molecule has 2 aromatic rings. The second kappa shape index (κ2) is 8.73. The lowest BCUT2D eigenvalue weighted by Gasteiger charge is -2.49. The minimum atomic E-state index is -3.19. The molecule has 2 bridgehead atoms. The lowest BCUT2D eigenvalue weighted by Crippen LogP contribution is -2.59. The zero-order valence-electron chi connectivity index (χ0n) is 18.9. The van der Waals surface area contributed by atoms with E-state index in [1.54, 1.807) is 19.2 Å². The number of aromatic amines is 1. The number of hydrogen-bond acceptors (Lipinski definition) is 9. The minimum absolute atomic E-state index is 0.0414. The number of nitrogens with zero attached hydrogens (tertiary/aromatic N) is 5. The predicted octanol–water partition coefficient (Wildman–Crippen LogP) is 1.76. The fraction of sp³-hybridized carbons (Fsp3) is 0.667. The summed E-state index contributed by atoms with van der Waals surface area (Å²) < 4.78 is 33.4. The zero-order chi connectivity index (χ0) is 23.2. The van der Waals surface area contributed by atoms with Crippen LogP contribution in [0.25, 0.3) is 0 Å². The summed E-state index contributed by atoms with van der Waals surface area (Å²) in [5, 5.41) is 19.1. The number of rotatable bonds is 8. The van der Waals surface area contributed by atoms with Crippen molar-refractivity contribution in [3.63, 3.8) is 0 Å². The Balaban J connectivity index is 1.36. The van der Waals surface area contributed by atoms with Gasteiger partial charge in [0, 0.05) is 37.3 Å². The average Bonchev–Trinajstić information content (AvgIpc) is 3.58. The quantitative estimate of drug-likeness (QED) is 0.519. The second-order valence-electron chi connectivity index (χ2n) is 9.21. The van der Waals surface area contributed by atoms with Gasteiger partial charge in [0.25, 0.3) is 0 Å². The summed E-state index contributed by atoms with van der Waals surface area (Å²) in [7, 11) is 0.328. The van der Waals surface area contributed by atoms with Gasteiger partial charge in [-0.1, -0.05) is 6.42 Å². The van der Waals surface area contributed by atoms with E-state index in [4.69, 9.17) is 4.74 Å². The van der Waals surface area contributed by atoms with Crippen molar-refractivity contribution in [2.24, 2.45) is 0 Å². The molecule has 0 amide bonds. The van der Waals surface area contributed by atoms with Gasteiger partial charge in [-0.2, -0.15) is 19.4 Å². The van der Waals surface area contributed by atoms with Gasteiger partial charge in [-0.3, -0.25) is 5.10 Å². The maximum atomic E-state index is 13.1. The van der Waals surface area contributed by atoms with Crippen LogP contribution in [0.2, 0.25) is 0 Å². The molecule has 0 unspecified atom stereocenters. The van der Waals surface area contributed by atoms with Crippen LogP contribution in [0.15, 0.2) is 12.1 Å². The Morgan fingerprint density at radius 1 is 1.18 bits per heavy atom. The van der Waals surface area contributed by atoms with E-state index in [9.17, 15) is 13.5 Å². The first-order valence-corrected chi connectivity index (χ1v) is 13.0. The maximum Gasteiger partial charge on any atom is 0.230 e. The Morgan fingerprint density at radius 3 is 2.52 bits per heavy atom. The molecule has 1 aliphatic carbocycles. The van der Waals surface area contributed by atoms with Crippen molar-refractivity contribution in [3.8, 4) is 5.88 Å². The molecule has 3 N–H and O–H groups in total. The molecule has 3 fully saturated rings. The average molecular weight is 478 g/mol. The largest absolute Gasteiger partial charge is 0.481 e. The van der Waals surface area contributed by atoms with Gasteiger partial charge in [-0.15, -0.1) is 0 Å². The number of fused-ring (bicyclic) bond motifs is 2. The van der Waals surface area contributed by atoms with Crippen LogP contribution in [-0.2, 0) is 16.6 Å². The van der Waals surface area contributed by atoms with Crippen molar-refractivity contribution in [2.75, 3.05) is 24.4 Å². The summed E-state index contributed by atoms with van der Waals surface area (Å²) in [4.78, 5) is 11.3. The van der Waals surface area contributed by atoms with Crippen LogP contribution in [0.4, 0.5) is 17.6 Å². The lowest BCUT2D eigenvalue weighted by atomic mass is 9.83. The number of nitrogens with one attached hydrogen (secondary N) is 2. The van der Waals surface area contributed by atoms with Gasteiger partial charge in [-0.05, 0) is 38.5 Å². The molecular weight excluding hydrogens is 446 g/mol. The van der Waals surface area contributed by atoms with E-state index in [0.29, 0.717) is 29.2 Å². The highest BCUT2D eigenvalue weighted by atomic mass is 32.2. The number of anilines is 3. The summed E-state index contributed by atoms with van der Waals surface area (Å²) >= 11 is 0. The van der Waals surface area contributed by atoms with Crippen LogP contribution < -0.4 is 15.0 Å². The third kappa shape index (κ3) is 4.38. The lowest BCUT2D eigenvalue weighted by molar-refractivity contribution is 0.109. The number of aliphatic hydroxyl groups is 1. The molecule has 3 aliphatic rings. The molecule has 0 spiro atoms. The number of H-pyrrole nitrogens is 1. The summed E-state index contributed by atoms with van der Waals surface area (Å²) in [5.41, 5.74) is 0.593. The third-order valence-corrected chi connectivity index (χ3v) is 9.44. The van der Waals surface area contributed by atoms with Gasteiger partial charge in [0.1, 0.15) is 5.82 Å². The highest BCUT2D eigenvalue weighted by Crippen LogP contribution is 2.42. The van der Waals surface area contributed by atoms with Crippen molar-refractivity contribution in [3.05, 3.63) is 17.8 Å². The van der Waals surface area contributed by atoms with E-state index in [2.05, 4.69) is 25.5 Å². The van der Waals surface area contributed by atoms with Gasteiger partial charge in [0.05, 0.1) is 24.7 Å².